The third kappa shape index (κ3) is 4.29. The van der Waals surface area contributed by atoms with Gasteiger partial charge in [0.05, 0.1) is 17.9 Å². The van der Waals surface area contributed by atoms with Crippen LogP contribution in [0.1, 0.15) is 38.2 Å². The van der Waals surface area contributed by atoms with E-state index in [1.54, 1.807) is 25.3 Å². The highest BCUT2D eigenvalue weighted by atomic mass is 32.2. The maximum absolute atomic E-state index is 13.1. The second-order valence-electron chi connectivity index (χ2n) is 7.84. The molecular formula is C20H30N2O4S. The van der Waals surface area contributed by atoms with E-state index in [2.05, 4.69) is 6.92 Å². The first kappa shape index (κ1) is 20.1. The molecule has 6 nitrogen and oxygen atoms in total. The fraction of sp³-hybridized carbons (Fsp3) is 0.650. The van der Waals surface area contributed by atoms with Crippen molar-refractivity contribution in [2.45, 2.75) is 44.4 Å². The third-order valence-corrected chi connectivity index (χ3v) is 7.69. The molecule has 0 aliphatic carbocycles. The molecule has 2 fully saturated rings. The molecule has 2 aliphatic rings. The highest BCUT2D eigenvalue weighted by Gasteiger charge is 2.35. The molecule has 7 heteroatoms. The molecule has 27 heavy (non-hydrogen) atoms. The molecule has 0 bridgehead atoms. The number of rotatable bonds is 4. The van der Waals surface area contributed by atoms with Crippen molar-refractivity contribution in [2.24, 2.45) is 11.8 Å². The number of benzene rings is 1. The van der Waals surface area contributed by atoms with E-state index in [0.29, 0.717) is 18.2 Å². The summed E-state index contributed by atoms with van der Waals surface area (Å²) < 4.78 is 32.9. The number of amides is 1. The van der Waals surface area contributed by atoms with E-state index in [1.807, 2.05) is 11.8 Å². The van der Waals surface area contributed by atoms with Crippen LogP contribution in [-0.4, -0.2) is 56.8 Å². The Kier molecular flexibility index (Phi) is 6.11. The summed E-state index contributed by atoms with van der Waals surface area (Å²) in [6, 6.07) is 4.91. The lowest BCUT2D eigenvalue weighted by Crippen LogP contribution is -2.48. The Labute approximate surface area is 162 Å². The molecule has 2 heterocycles. The number of carbonyl (C=O) groups excluding carboxylic acids is 1. The van der Waals surface area contributed by atoms with E-state index in [9.17, 15) is 13.2 Å². The lowest BCUT2D eigenvalue weighted by Gasteiger charge is -2.37. The van der Waals surface area contributed by atoms with Crippen molar-refractivity contribution in [1.29, 1.82) is 0 Å². The maximum atomic E-state index is 13.1. The van der Waals surface area contributed by atoms with Gasteiger partial charge in [-0.25, -0.2) is 8.42 Å². The lowest BCUT2D eigenvalue weighted by molar-refractivity contribution is -0.138. The molecule has 0 aromatic heterocycles. The average molecular weight is 395 g/mol. The van der Waals surface area contributed by atoms with Crippen molar-refractivity contribution < 1.29 is 17.9 Å². The summed E-state index contributed by atoms with van der Waals surface area (Å²) >= 11 is 0. The van der Waals surface area contributed by atoms with Crippen LogP contribution in [0.15, 0.2) is 23.1 Å². The molecule has 3 rings (SSSR count). The number of hydrogen-bond acceptors (Lipinski definition) is 4. The normalized spacial score (nSPS) is 22.6. The van der Waals surface area contributed by atoms with Gasteiger partial charge in [-0.2, -0.15) is 4.31 Å². The zero-order valence-electron chi connectivity index (χ0n) is 16.5. The number of nitrogens with zero attached hydrogens (tertiary/aromatic N) is 2. The smallest absolute Gasteiger partial charge is 0.243 e. The van der Waals surface area contributed by atoms with Crippen molar-refractivity contribution in [3.63, 3.8) is 0 Å². The molecular weight excluding hydrogens is 364 g/mol. The summed E-state index contributed by atoms with van der Waals surface area (Å²) in [7, 11) is -2.04. The van der Waals surface area contributed by atoms with Crippen molar-refractivity contribution in [1.82, 2.24) is 9.21 Å². The number of methoxy groups -OCH3 is 1. The Hall–Kier alpha value is -1.60. The van der Waals surface area contributed by atoms with Gasteiger partial charge in [-0.15, -0.1) is 0 Å². The van der Waals surface area contributed by atoms with Crippen LogP contribution >= 0.6 is 0 Å². The van der Waals surface area contributed by atoms with Crippen molar-refractivity contribution in [2.75, 3.05) is 33.3 Å². The van der Waals surface area contributed by atoms with Crippen molar-refractivity contribution in [3.8, 4) is 5.75 Å². The predicted octanol–water partition coefficient (Wildman–Crippen LogP) is 2.66. The first-order valence-corrected chi connectivity index (χ1v) is 11.2. The molecule has 0 saturated carbocycles. The summed E-state index contributed by atoms with van der Waals surface area (Å²) in [5, 5.41) is 0. The minimum Gasteiger partial charge on any atom is -0.496 e. The zero-order valence-corrected chi connectivity index (χ0v) is 17.3. The lowest BCUT2D eigenvalue weighted by atomic mass is 9.94. The summed E-state index contributed by atoms with van der Waals surface area (Å²) in [6.07, 6.45) is 3.55. The van der Waals surface area contributed by atoms with Gasteiger partial charge in [0.1, 0.15) is 5.75 Å². The van der Waals surface area contributed by atoms with Crippen LogP contribution in [0.4, 0.5) is 0 Å². The highest BCUT2D eigenvalue weighted by Crippen LogP contribution is 2.28. The standard InChI is InChI=1S/C20H30N2O4S/c1-15-8-11-21(12-9-15)20(23)17-5-4-10-22(14-17)27(24,25)18-6-7-19(26-3)16(2)13-18/h6-7,13,15,17H,4-5,8-12,14H2,1-3H3/t17-/m0/s1. The SMILES string of the molecule is COc1ccc(S(=O)(=O)N2CCC[C@H](C(=O)N3CCC(C)CC3)C2)cc1C. The minimum absolute atomic E-state index is 0.118. The Balaban J connectivity index is 1.73. The van der Waals surface area contributed by atoms with Crippen molar-refractivity contribution in [3.05, 3.63) is 23.8 Å². The Morgan fingerprint density at radius 2 is 1.85 bits per heavy atom. The number of hydrogen-bond donors (Lipinski definition) is 0. The van der Waals surface area contributed by atoms with E-state index in [-0.39, 0.29) is 23.3 Å². The predicted molar refractivity (Wildman–Crippen MR) is 104 cm³/mol. The van der Waals surface area contributed by atoms with E-state index in [4.69, 9.17) is 4.74 Å². The number of sulfonamides is 1. The summed E-state index contributed by atoms with van der Waals surface area (Å²) in [5.74, 6) is 1.21. The molecule has 1 amide bonds. The minimum atomic E-state index is -3.61. The summed E-state index contributed by atoms with van der Waals surface area (Å²) in [6.45, 7) is 6.37. The van der Waals surface area contributed by atoms with Crippen LogP contribution in [-0.2, 0) is 14.8 Å². The van der Waals surface area contributed by atoms with Gasteiger partial charge in [0.25, 0.3) is 0 Å². The molecule has 0 spiro atoms. The largest absolute Gasteiger partial charge is 0.496 e. The van der Waals surface area contributed by atoms with E-state index in [0.717, 1.165) is 44.3 Å². The molecule has 1 atom stereocenters. The van der Waals surface area contributed by atoms with Gasteiger partial charge in [0, 0.05) is 26.2 Å². The fourth-order valence-corrected chi connectivity index (χ4v) is 5.62. The van der Waals surface area contributed by atoms with Crippen LogP contribution in [0.2, 0.25) is 0 Å². The molecule has 1 aromatic rings. The Bertz CT molecular complexity index is 785. The topological polar surface area (TPSA) is 66.9 Å². The average Bonchev–Trinajstić information content (AvgIpc) is 2.68. The first-order chi connectivity index (χ1) is 12.8. The first-order valence-electron chi connectivity index (χ1n) is 9.76. The highest BCUT2D eigenvalue weighted by molar-refractivity contribution is 7.89. The molecule has 0 N–H and O–H groups in total. The second-order valence-corrected chi connectivity index (χ2v) is 9.78. The second kappa shape index (κ2) is 8.19. The molecule has 0 radical (unpaired) electrons. The number of ether oxygens (including phenoxy) is 1. The zero-order chi connectivity index (χ0) is 19.6. The van der Waals surface area contributed by atoms with Gasteiger partial charge >= 0.3 is 0 Å². The fourth-order valence-electron chi connectivity index (χ4n) is 4.01. The molecule has 2 saturated heterocycles. The number of carbonyl (C=O) groups is 1. The monoisotopic (exact) mass is 394 g/mol. The molecule has 0 unspecified atom stereocenters. The Morgan fingerprint density at radius 3 is 2.48 bits per heavy atom. The van der Waals surface area contributed by atoms with E-state index in [1.165, 1.54) is 4.31 Å². The van der Waals surface area contributed by atoms with Crippen molar-refractivity contribution >= 4 is 15.9 Å². The van der Waals surface area contributed by atoms with Crippen LogP contribution in [0.3, 0.4) is 0 Å². The Morgan fingerprint density at radius 1 is 1.15 bits per heavy atom. The summed E-state index contributed by atoms with van der Waals surface area (Å²) in [5.41, 5.74) is 0.783. The molecule has 150 valence electrons. The molecule has 2 aliphatic heterocycles. The quantitative estimate of drug-likeness (QED) is 0.787. The third-order valence-electron chi connectivity index (χ3n) is 5.83. The van der Waals surface area contributed by atoms with Gasteiger partial charge in [0.2, 0.25) is 15.9 Å². The molecule has 1 aromatic carbocycles. The van der Waals surface area contributed by atoms with Gasteiger partial charge < -0.3 is 9.64 Å². The summed E-state index contributed by atoms with van der Waals surface area (Å²) in [4.78, 5) is 15.1. The van der Waals surface area contributed by atoms with E-state index >= 15 is 0 Å². The van der Waals surface area contributed by atoms with E-state index < -0.39 is 10.0 Å². The van der Waals surface area contributed by atoms with Crippen LogP contribution in [0.25, 0.3) is 0 Å². The number of likely N-dealkylation sites (tertiary alicyclic amines) is 1. The number of piperidine rings is 2. The van der Waals surface area contributed by atoms with Gasteiger partial charge in [-0.3, -0.25) is 4.79 Å². The van der Waals surface area contributed by atoms with Gasteiger partial charge in [-0.1, -0.05) is 6.92 Å². The van der Waals surface area contributed by atoms with Crippen LogP contribution in [0.5, 0.6) is 5.75 Å². The van der Waals surface area contributed by atoms with Crippen LogP contribution in [0, 0.1) is 18.8 Å². The van der Waals surface area contributed by atoms with Crippen LogP contribution < -0.4 is 4.74 Å². The van der Waals surface area contributed by atoms with Gasteiger partial charge in [0.15, 0.2) is 0 Å². The maximum Gasteiger partial charge on any atom is 0.243 e. The van der Waals surface area contributed by atoms with Gasteiger partial charge in [-0.05, 0) is 62.3 Å². The number of aryl methyl sites for hydroxylation is 1.